The highest BCUT2D eigenvalue weighted by Gasteiger charge is 2.28. The Morgan fingerprint density at radius 1 is 0.568 bits per heavy atom. The molecule has 5 nitrogen and oxygen atoms in total. The molecule has 0 amide bonds. The van der Waals surface area contributed by atoms with Gasteiger partial charge in [-0.2, -0.15) is 0 Å². The number of carbonyl (C=O) groups excluding carboxylic acids is 1. The summed E-state index contributed by atoms with van der Waals surface area (Å²) in [5.74, 6) is 1.49. The van der Waals surface area contributed by atoms with Gasteiger partial charge in [-0.25, -0.2) is 4.79 Å². The van der Waals surface area contributed by atoms with Crippen LogP contribution in [-0.4, -0.2) is 24.3 Å². The van der Waals surface area contributed by atoms with Crippen molar-refractivity contribution < 1.29 is 24.1 Å². The molecule has 0 saturated carbocycles. The number of aliphatic hydroxyl groups excluding tert-OH is 1. The zero-order valence-corrected chi connectivity index (χ0v) is 27.0. The van der Waals surface area contributed by atoms with Gasteiger partial charge in [0.2, 0.25) is 0 Å². The summed E-state index contributed by atoms with van der Waals surface area (Å²) in [5.41, 5.74) is 3.94. The van der Waals surface area contributed by atoms with Crippen molar-refractivity contribution in [3.8, 4) is 28.4 Å². The van der Waals surface area contributed by atoms with Crippen molar-refractivity contribution in [2.24, 2.45) is 0 Å². The van der Waals surface area contributed by atoms with E-state index in [2.05, 4.69) is 13.8 Å². The largest absolute Gasteiger partial charge is 0.494 e. The lowest BCUT2D eigenvalue weighted by atomic mass is 10.1. The molecule has 0 radical (unpaired) electrons. The molecule has 1 atom stereocenters. The summed E-state index contributed by atoms with van der Waals surface area (Å²) in [6.07, 6.45) is 18.2. The van der Waals surface area contributed by atoms with Crippen LogP contribution in [-0.2, 0) is 0 Å². The SMILES string of the molecule is CCCCCCCCCCCCCOc1ccc2c(c1)[C@@H](O)c1cc(OC(=O)c3ccc(OCCCCCC)cc3)ccc1-2. The molecule has 0 saturated heterocycles. The van der Waals surface area contributed by atoms with Gasteiger partial charge in [-0.3, -0.25) is 0 Å². The van der Waals surface area contributed by atoms with Crippen LogP contribution in [0.1, 0.15) is 138 Å². The molecule has 1 aliphatic carbocycles. The van der Waals surface area contributed by atoms with E-state index in [-0.39, 0.29) is 0 Å². The molecule has 3 aromatic carbocycles. The van der Waals surface area contributed by atoms with E-state index in [9.17, 15) is 9.90 Å². The minimum absolute atomic E-state index is 0.407. The number of fused-ring (bicyclic) bond motifs is 3. The predicted molar refractivity (Wildman–Crippen MR) is 179 cm³/mol. The molecule has 5 heteroatoms. The van der Waals surface area contributed by atoms with Gasteiger partial charge < -0.3 is 19.3 Å². The van der Waals surface area contributed by atoms with Crippen LogP contribution in [0.15, 0.2) is 60.7 Å². The number of carbonyl (C=O) groups is 1. The van der Waals surface area contributed by atoms with Gasteiger partial charge in [-0.05, 0) is 83.6 Å². The van der Waals surface area contributed by atoms with Crippen molar-refractivity contribution in [1.82, 2.24) is 0 Å². The molecule has 0 bridgehead atoms. The normalized spacial score (nSPS) is 13.4. The summed E-state index contributed by atoms with van der Waals surface area (Å²) < 4.78 is 17.5. The van der Waals surface area contributed by atoms with E-state index in [0.717, 1.165) is 53.0 Å². The number of esters is 1. The summed E-state index contributed by atoms with van der Waals surface area (Å²) in [7, 11) is 0. The topological polar surface area (TPSA) is 65.0 Å². The molecule has 44 heavy (non-hydrogen) atoms. The molecule has 4 rings (SSSR count). The van der Waals surface area contributed by atoms with E-state index in [1.165, 1.54) is 77.0 Å². The van der Waals surface area contributed by atoms with Crippen molar-refractivity contribution in [1.29, 1.82) is 0 Å². The smallest absolute Gasteiger partial charge is 0.343 e. The summed E-state index contributed by atoms with van der Waals surface area (Å²) in [5, 5.41) is 11.1. The Morgan fingerprint density at radius 3 is 1.57 bits per heavy atom. The molecule has 1 N–H and O–H groups in total. The molecule has 0 spiro atoms. The van der Waals surface area contributed by atoms with Gasteiger partial charge in [0, 0.05) is 0 Å². The first-order chi connectivity index (χ1) is 21.6. The molecule has 0 unspecified atom stereocenters. The van der Waals surface area contributed by atoms with Crippen molar-refractivity contribution in [3.05, 3.63) is 77.4 Å². The highest BCUT2D eigenvalue weighted by molar-refractivity contribution is 5.91. The fourth-order valence-corrected chi connectivity index (χ4v) is 5.87. The van der Waals surface area contributed by atoms with E-state index in [0.29, 0.717) is 24.5 Å². The molecule has 0 aliphatic heterocycles. The number of ether oxygens (including phenoxy) is 3. The van der Waals surface area contributed by atoms with E-state index >= 15 is 0 Å². The van der Waals surface area contributed by atoms with Gasteiger partial charge >= 0.3 is 5.97 Å². The Morgan fingerprint density at radius 2 is 1.00 bits per heavy atom. The van der Waals surface area contributed by atoms with Gasteiger partial charge in [0.25, 0.3) is 0 Å². The molecule has 238 valence electrons. The third-order valence-corrected chi connectivity index (χ3v) is 8.51. The predicted octanol–water partition coefficient (Wildman–Crippen LogP) is 10.6. The maximum atomic E-state index is 12.8. The first-order valence-corrected chi connectivity index (χ1v) is 17.1. The lowest BCUT2D eigenvalue weighted by molar-refractivity contribution is 0.0734. The number of hydrogen-bond acceptors (Lipinski definition) is 5. The average Bonchev–Trinajstić information content (AvgIpc) is 3.32. The number of aliphatic hydroxyl groups is 1. The van der Waals surface area contributed by atoms with Crippen LogP contribution in [0.4, 0.5) is 0 Å². The molecule has 3 aromatic rings. The third-order valence-electron chi connectivity index (χ3n) is 8.51. The number of hydrogen-bond donors (Lipinski definition) is 1. The fourth-order valence-electron chi connectivity index (χ4n) is 5.87. The number of rotatable bonds is 21. The fraction of sp³-hybridized carbons (Fsp3) is 0.513. The second-order valence-electron chi connectivity index (χ2n) is 12.1. The van der Waals surface area contributed by atoms with Crippen molar-refractivity contribution in [2.45, 2.75) is 116 Å². The Balaban J connectivity index is 1.20. The average molecular weight is 601 g/mol. The standard InChI is InChI=1S/C39H52O5/c1-3-5-7-9-10-11-12-13-14-15-17-27-43-32-22-24-34-35-25-23-33(29-37(35)38(40)36(34)28-32)44-39(41)30-18-20-31(21-19-30)42-26-16-8-6-4-2/h18-25,28-29,38,40H,3-17,26-27H2,1-2H3/t38-/m1/s1. The Hall–Kier alpha value is -3.31. The van der Waals surface area contributed by atoms with E-state index in [4.69, 9.17) is 14.2 Å². The summed E-state index contributed by atoms with van der Waals surface area (Å²) in [6.45, 7) is 5.82. The van der Waals surface area contributed by atoms with Crippen LogP contribution in [0.5, 0.6) is 17.2 Å². The van der Waals surface area contributed by atoms with Gasteiger partial charge in [-0.15, -0.1) is 0 Å². The third kappa shape index (κ3) is 10.1. The van der Waals surface area contributed by atoms with E-state index < -0.39 is 12.1 Å². The summed E-state index contributed by atoms with van der Waals surface area (Å²) in [6, 6.07) is 18.4. The molecular formula is C39H52O5. The van der Waals surface area contributed by atoms with Gasteiger partial charge in [0.15, 0.2) is 0 Å². The molecule has 0 aromatic heterocycles. The zero-order valence-electron chi connectivity index (χ0n) is 27.0. The number of unbranched alkanes of at least 4 members (excludes halogenated alkanes) is 13. The lowest BCUT2D eigenvalue weighted by Crippen LogP contribution is -2.09. The van der Waals surface area contributed by atoms with Crippen LogP contribution < -0.4 is 14.2 Å². The highest BCUT2D eigenvalue weighted by Crippen LogP contribution is 2.46. The van der Waals surface area contributed by atoms with Crippen molar-refractivity contribution in [2.75, 3.05) is 13.2 Å². The molecule has 1 aliphatic rings. The zero-order chi connectivity index (χ0) is 31.0. The summed E-state index contributed by atoms with van der Waals surface area (Å²) in [4.78, 5) is 12.8. The van der Waals surface area contributed by atoms with E-state index in [1.807, 2.05) is 24.3 Å². The summed E-state index contributed by atoms with van der Waals surface area (Å²) >= 11 is 0. The van der Waals surface area contributed by atoms with Gasteiger partial charge in [0.05, 0.1) is 18.8 Å². The minimum atomic E-state index is -0.794. The highest BCUT2D eigenvalue weighted by atomic mass is 16.5. The Bertz CT molecular complexity index is 1280. The van der Waals surface area contributed by atoms with Crippen LogP contribution in [0.25, 0.3) is 11.1 Å². The van der Waals surface area contributed by atoms with Crippen LogP contribution in [0.3, 0.4) is 0 Å². The first kappa shape index (κ1) is 33.6. The monoisotopic (exact) mass is 600 g/mol. The minimum Gasteiger partial charge on any atom is -0.494 e. The molecular weight excluding hydrogens is 548 g/mol. The quantitative estimate of drug-likeness (QED) is 0.0748. The Labute approximate surface area is 264 Å². The van der Waals surface area contributed by atoms with Crippen LogP contribution >= 0.6 is 0 Å². The maximum Gasteiger partial charge on any atom is 0.343 e. The number of benzene rings is 3. The van der Waals surface area contributed by atoms with Gasteiger partial charge in [0.1, 0.15) is 23.4 Å². The Kier molecular flexibility index (Phi) is 14.1. The second-order valence-corrected chi connectivity index (χ2v) is 12.1. The van der Waals surface area contributed by atoms with E-state index in [1.54, 1.807) is 36.4 Å². The van der Waals surface area contributed by atoms with Crippen LogP contribution in [0.2, 0.25) is 0 Å². The second kappa shape index (κ2) is 18.5. The first-order valence-electron chi connectivity index (χ1n) is 17.1. The molecule has 0 heterocycles. The van der Waals surface area contributed by atoms with Crippen molar-refractivity contribution in [3.63, 3.8) is 0 Å². The maximum absolute atomic E-state index is 12.8. The molecule has 0 fully saturated rings. The van der Waals surface area contributed by atoms with Gasteiger partial charge in [-0.1, -0.05) is 109 Å². The lowest BCUT2D eigenvalue weighted by Gasteiger charge is -2.10. The van der Waals surface area contributed by atoms with Crippen LogP contribution in [0, 0.1) is 0 Å². The van der Waals surface area contributed by atoms with Crippen molar-refractivity contribution >= 4 is 5.97 Å².